The van der Waals surface area contributed by atoms with Crippen molar-refractivity contribution >= 4 is 5.91 Å². The Balaban J connectivity index is 2.10. The number of ether oxygens (including phenoxy) is 2. The quantitative estimate of drug-likeness (QED) is 0.849. The van der Waals surface area contributed by atoms with E-state index in [1.165, 1.54) is 0 Å². The van der Waals surface area contributed by atoms with E-state index in [4.69, 9.17) is 9.47 Å². The highest BCUT2D eigenvalue weighted by Gasteiger charge is 2.25. The zero-order valence-corrected chi connectivity index (χ0v) is 13.3. The molecule has 0 unspecified atom stereocenters. The number of rotatable bonds is 4. The Labute approximate surface area is 126 Å². The van der Waals surface area contributed by atoms with Gasteiger partial charge < -0.3 is 19.3 Å². The number of methoxy groups -OCH3 is 2. The molecule has 0 N–H and O–H groups in total. The molecule has 1 saturated heterocycles. The van der Waals surface area contributed by atoms with Crippen LogP contribution in [-0.2, 0) is 0 Å². The van der Waals surface area contributed by atoms with Crippen molar-refractivity contribution in [3.8, 4) is 11.5 Å². The first-order valence-electron chi connectivity index (χ1n) is 7.24. The lowest BCUT2D eigenvalue weighted by Crippen LogP contribution is -2.44. The fraction of sp³-hybridized carbons (Fsp3) is 0.562. The second-order valence-electron chi connectivity index (χ2n) is 5.59. The fourth-order valence-corrected chi connectivity index (χ4v) is 2.70. The summed E-state index contributed by atoms with van der Waals surface area (Å²) in [5, 5.41) is 0. The van der Waals surface area contributed by atoms with Gasteiger partial charge in [-0.2, -0.15) is 0 Å². The lowest BCUT2D eigenvalue weighted by atomic mass is 10.0. The van der Waals surface area contributed by atoms with Gasteiger partial charge in [0.25, 0.3) is 5.91 Å². The third-order valence-electron chi connectivity index (χ3n) is 4.08. The molecule has 1 aromatic rings. The van der Waals surface area contributed by atoms with Crippen LogP contribution in [0, 0.1) is 0 Å². The summed E-state index contributed by atoms with van der Waals surface area (Å²) in [5.74, 6) is 1.33. The summed E-state index contributed by atoms with van der Waals surface area (Å²) in [6, 6.07) is 5.87. The van der Waals surface area contributed by atoms with E-state index in [2.05, 4.69) is 19.0 Å². The molecule has 0 radical (unpaired) electrons. The van der Waals surface area contributed by atoms with Crippen LogP contribution in [0.15, 0.2) is 18.2 Å². The third-order valence-corrected chi connectivity index (χ3v) is 4.08. The number of hydrogen-bond acceptors (Lipinski definition) is 4. The molecule has 0 saturated carbocycles. The van der Waals surface area contributed by atoms with Gasteiger partial charge in [-0.05, 0) is 39.1 Å². The molecule has 0 aliphatic carbocycles. The molecule has 1 aliphatic rings. The van der Waals surface area contributed by atoms with E-state index < -0.39 is 0 Å². The Morgan fingerprint density at radius 2 is 1.62 bits per heavy atom. The molecule has 1 fully saturated rings. The second kappa shape index (κ2) is 6.80. The van der Waals surface area contributed by atoms with Gasteiger partial charge in [0.05, 0.1) is 14.2 Å². The molecule has 21 heavy (non-hydrogen) atoms. The van der Waals surface area contributed by atoms with Crippen LogP contribution in [0.2, 0.25) is 0 Å². The number of piperidine rings is 1. The molecular formula is C16H24N2O3. The molecule has 1 aliphatic heterocycles. The third kappa shape index (κ3) is 3.67. The van der Waals surface area contributed by atoms with Gasteiger partial charge in [0.2, 0.25) is 0 Å². The molecule has 1 heterocycles. The summed E-state index contributed by atoms with van der Waals surface area (Å²) in [4.78, 5) is 16.8. The summed E-state index contributed by atoms with van der Waals surface area (Å²) in [6.45, 7) is 1.59. The molecule has 1 amide bonds. The zero-order valence-electron chi connectivity index (χ0n) is 13.3. The number of amides is 1. The van der Waals surface area contributed by atoms with Crippen molar-refractivity contribution in [2.75, 3.05) is 41.4 Å². The topological polar surface area (TPSA) is 42.0 Å². The van der Waals surface area contributed by atoms with Crippen LogP contribution in [0.25, 0.3) is 0 Å². The van der Waals surface area contributed by atoms with Crippen molar-refractivity contribution in [1.82, 2.24) is 9.80 Å². The van der Waals surface area contributed by atoms with E-state index in [-0.39, 0.29) is 5.91 Å². The Hall–Kier alpha value is -1.75. The van der Waals surface area contributed by atoms with Gasteiger partial charge >= 0.3 is 0 Å². The molecule has 5 nitrogen and oxygen atoms in total. The van der Waals surface area contributed by atoms with E-state index in [0.29, 0.717) is 23.1 Å². The van der Waals surface area contributed by atoms with E-state index in [1.54, 1.807) is 32.4 Å². The number of hydrogen-bond donors (Lipinski definition) is 0. The fourth-order valence-electron chi connectivity index (χ4n) is 2.70. The maximum absolute atomic E-state index is 12.6. The molecule has 1 aromatic carbocycles. The van der Waals surface area contributed by atoms with Crippen LogP contribution in [-0.4, -0.2) is 63.2 Å². The van der Waals surface area contributed by atoms with Crippen molar-refractivity contribution in [2.45, 2.75) is 18.9 Å². The van der Waals surface area contributed by atoms with Crippen molar-refractivity contribution in [2.24, 2.45) is 0 Å². The van der Waals surface area contributed by atoms with Crippen LogP contribution in [0.3, 0.4) is 0 Å². The Morgan fingerprint density at radius 3 is 2.05 bits per heavy atom. The largest absolute Gasteiger partial charge is 0.497 e. The molecule has 116 valence electrons. The van der Waals surface area contributed by atoms with Crippen LogP contribution < -0.4 is 9.47 Å². The lowest BCUT2D eigenvalue weighted by Gasteiger charge is -2.35. The smallest absolute Gasteiger partial charge is 0.254 e. The van der Waals surface area contributed by atoms with Gasteiger partial charge in [-0.3, -0.25) is 4.79 Å². The minimum Gasteiger partial charge on any atom is -0.497 e. The van der Waals surface area contributed by atoms with Gasteiger partial charge in [0.1, 0.15) is 11.5 Å². The second-order valence-corrected chi connectivity index (χ2v) is 5.59. The van der Waals surface area contributed by atoms with E-state index in [9.17, 15) is 4.79 Å². The maximum Gasteiger partial charge on any atom is 0.254 e. The summed E-state index contributed by atoms with van der Waals surface area (Å²) in [5.41, 5.74) is 0.620. The molecule has 0 aromatic heterocycles. The number of likely N-dealkylation sites (tertiary alicyclic amines) is 1. The average Bonchev–Trinajstić information content (AvgIpc) is 2.53. The minimum absolute atomic E-state index is 0.0457. The van der Waals surface area contributed by atoms with Gasteiger partial charge in [-0.15, -0.1) is 0 Å². The number of benzene rings is 1. The highest BCUT2D eigenvalue weighted by Crippen LogP contribution is 2.24. The predicted molar refractivity (Wildman–Crippen MR) is 82.2 cm³/mol. The Kier molecular flexibility index (Phi) is 5.07. The van der Waals surface area contributed by atoms with Crippen molar-refractivity contribution < 1.29 is 14.3 Å². The van der Waals surface area contributed by atoms with Gasteiger partial charge in [0, 0.05) is 30.8 Å². The van der Waals surface area contributed by atoms with E-state index >= 15 is 0 Å². The van der Waals surface area contributed by atoms with Crippen molar-refractivity contribution in [3.63, 3.8) is 0 Å². The first-order chi connectivity index (χ1) is 10.0. The summed E-state index contributed by atoms with van der Waals surface area (Å²) in [6.07, 6.45) is 2.03. The summed E-state index contributed by atoms with van der Waals surface area (Å²) < 4.78 is 10.5. The van der Waals surface area contributed by atoms with Crippen molar-refractivity contribution in [1.29, 1.82) is 0 Å². The SMILES string of the molecule is COc1cc(OC)cc(C(=O)N2CCC(N(C)C)CC2)c1. The summed E-state index contributed by atoms with van der Waals surface area (Å²) in [7, 11) is 7.36. The van der Waals surface area contributed by atoms with Crippen LogP contribution in [0.1, 0.15) is 23.2 Å². The van der Waals surface area contributed by atoms with Crippen molar-refractivity contribution in [3.05, 3.63) is 23.8 Å². The molecular weight excluding hydrogens is 268 g/mol. The zero-order chi connectivity index (χ0) is 15.4. The molecule has 0 atom stereocenters. The van der Waals surface area contributed by atoms with Gasteiger partial charge in [-0.25, -0.2) is 0 Å². The normalized spacial score (nSPS) is 16.1. The van der Waals surface area contributed by atoms with E-state index in [1.807, 2.05) is 4.90 Å². The molecule has 0 spiro atoms. The first kappa shape index (κ1) is 15.6. The number of carbonyl (C=O) groups excluding carboxylic acids is 1. The number of nitrogens with zero attached hydrogens (tertiary/aromatic N) is 2. The van der Waals surface area contributed by atoms with Gasteiger partial charge in [0.15, 0.2) is 0 Å². The standard InChI is InChI=1S/C16H24N2O3/c1-17(2)13-5-7-18(8-6-13)16(19)12-9-14(20-3)11-15(10-12)21-4/h9-11,13H,5-8H2,1-4H3. The minimum atomic E-state index is 0.0457. The maximum atomic E-state index is 12.6. The first-order valence-corrected chi connectivity index (χ1v) is 7.24. The molecule has 5 heteroatoms. The molecule has 0 bridgehead atoms. The average molecular weight is 292 g/mol. The van der Waals surface area contributed by atoms with Crippen LogP contribution in [0.4, 0.5) is 0 Å². The van der Waals surface area contributed by atoms with Gasteiger partial charge in [-0.1, -0.05) is 0 Å². The van der Waals surface area contributed by atoms with Crippen LogP contribution >= 0.6 is 0 Å². The highest BCUT2D eigenvalue weighted by molar-refractivity contribution is 5.95. The lowest BCUT2D eigenvalue weighted by molar-refractivity contribution is 0.0662. The van der Waals surface area contributed by atoms with E-state index in [0.717, 1.165) is 25.9 Å². The predicted octanol–water partition coefficient (Wildman–Crippen LogP) is 1.87. The number of carbonyl (C=O) groups is 1. The Bertz CT molecular complexity index is 472. The molecule has 2 rings (SSSR count). The Morgan fingerprint density at radius 1 is 1.10 bits per heavy atom. The van der Waals surface area contributed by atoms with Crippen LogP contribution in [0.5, 0.6) is 11.5 Å². The summed E-state index contributed by atoms with van der Waals surface area (Å²) >= 11 is 0. The monoisotopic (exact) mass is 292 g/mol. The highest BCUT2D eigenvalue weighted by atomic mass is 16.5.